The number of hydrogen-bond acceptors (Lipinski definition) is 4. The summed E-state index contributed by atoms with van der Waals surface area (Å²) in [6, 6.07) is 7.37. The van der Waals surface area contributed by atoms with Crippen molar-refractivity contribution < 1.29 is 15.0 Å². The van der Waals surface area contributed by atoms with Crippen LogP contribution in [-0.2, 0) is 4.79 Å². The van der Waals surface area contributed by atoms with Gasteiger partial charge in [0, 0.05) is 24.6 Å². The quantitative estimate of drug-likeness (QED) is 0.595. The van der Waals surface area contributed by atoms with E-state index in [1.165, 1.54) is 0 Å². The molecule has 1 atom stereocenters. The van der Waals surface area contributed by atoms with E-state index in [1.54, 1.807) is 0 Å². The summed E-state index contributed by atoms with van der Waals surface area (Å²) in [5.41, 5.74) is 2.23. The van der Waals surface area contributed by atoms with Crippen molar-refractivity contribution in [1.82, 2.24) is 5.32 Å². The van der Waals surface area contributed by atoms with Crippen molar-refractivity contribution in [2.75, 3.05) is 25.1 Å². The van der Waals surface area contributed by atoms with E-state index in [1.807, 2.05) is 24.3 Å². The van der Waals surface area contributed by atoms with Crippen molar-refractivity contribution in [3.63, 3.8) is 0 Å². The minimum absolute atomic E-state index is 0.147. The van der Waals surface area contributed by atoms with E-state index in [4.69, 9.17) is 10.2 Å². The fourth-order valence-electron chi connectivity index (χ4n) is 2.20. The van der Waals surface area contributed by atoms with Gasteiger partial charge in [-0.2, -0.15) is 0 Å². The highest BCUT2D eigenvalue weighted by Gasteiger charge is 2.24. The summed E-state index contributed by atoms with van der Waals surface area (Å²) >= 11 is 0. The summed E-state index contributed by atoms with van der Waals surface area (Å²) in [5.74, 6) is 0.00541. The molecular formula is C13H18N2O3. The number of benzene rings is 1. The molecule has 98 valence electrons. The molecule has 1 amide bonds. The summed E-state index contributed by atoms with van der Waals surface area (Å²) in [4.78, 5) is 11.8. The first-order valence-corrected chi connectivity index (χ1v) is 6.08. The van der Waals surface area contributed by atoms with Gasteiger partial charge in [0.15, 0.2) is 0 Å². The Kier molecular flexibility index (Phi) is 4.17. The number of nitrogens with one attached hydrogen (secondary N) is 2. The van der Waals surface area contributed by atoms with E-state index < -0.39 is 6.04 Å². The number of anilines is 1. The standard InChI is InChI=1S/C13H18N2O3/c16-7-10(8-17)15-13(18)5-9-6-14-12-4-2-1-3-11(9)12/h1-4,9-10,14,16-17H,5-8H2,(H,15,18). The molecule has 0 spiro atoms. The van der Waals surface area contributed by atoms with Crippen LogP contribution < -0.4 is 10.6 Å². The van der Waals surface area contributed by atoms with Gasteiger partial charge in [0.25, 0.3) is 0 Å². The molecule has 18 heavy (non-hydrogen) atoms. The third-order valence-electron chi connectivity index (χ3n) is 3.18. The zero-order chi connectivity index (χ0) is 13.0. The van der Waals surface area contributed by atoms with Crippen molar-refractivity contribution in [2.45, 2.75) is 18.4 Å². The molecule has 1 heterocycles. The normalized spacial score (nSPS) is 17.4. The van der Waals surface area contributed by atoms with Crippen molar-refractivity contribution >= 4 is 11.6 Å². The van der Waals surface area contributed by atoms with Gasteiger partial charge in [0.05, 0.1) is 19.3 Å². The largest absolute Gasteiger partial charge is 0.394 e. The van der Waals surface area contributed by atoms with Crippen LogP contribution in [0, 0.1) is 0 Å². The van der Waals surface area contributed by atoms with Gasteiger partial charge < -0.3 is 20.8 Å². The molecular weight excluding hydrogens is 232 g/mol. The lowest BCUT2D eigenvalue weighted by Gasteiger charge is -2.15. The summed E-state index contributed by atoms with van der Waals surface area (Å²) in [7, 11) is 0. The SMILES string of the molecule is O=C(CC1CNc2ccccc21)NC(CO)CO. The lowest BCUT2D eigenvalue weighted by atomic mass is 9.97. The second-order valence-electron chi connectivity index (χ2n) is 4.50. The van der Waals surface area contributed by atoms with Crippen molar-refractivity contribution in [3.05, 3.63) is 29.8 Å². The zero-order valence-corrected chi connectivity index (χ0v) is 10.1. The van der Waals surface area contributed by atoms with Crippen LogP contribution in [0.15, 0.2) is 24.3 Å². The highest BCUT2D eigenvalue weighted by molar-refractivity contribution is 5.78. The van der Waals surface area contributed by atoms with Crippen LogP contribution in [0.1, 0.15) is 17.9 Å². The average Bonchev–Trinajstić information content (AvgIpc) is 2.79. The van der Waals surface area contributed by atoms with Crippen molar-refractivity contribution in [2.24, 2.45) is 0 Å². The number of amides is 1. The first kappa shape index (κ1) is 12.9. The molecule has 0 saturated heterocycles. The summed E-state index contributed by atoms with van der Waals surface area (Å²) in [5, 5.41) is 23.7. The Bertz CT molecular complexity index is 418. The molecule has 1 aromatic carbocycles. The summed E-state index contributed by atoms with van der Waals surface area (Å²) in [6.45, 7) is 0.249. The Labute approximate surface area is 106 Å². The predicted molar refractivity (Wildman–Crippen MR) is 68.4 cm³/mol. The van der Waals surface area contributed by atoms with E-state index in [9.17, 15) is 4.79 Å². The van der Waals surface area contributed by atoms with Crippen molar-refractivity contribution in [3.8, 4) is 0 Å². The smallest absolute Gasteiger partial charge is 0.221 e. The van der Waals surface area contributed by atoms with Crippen LogP contribution in [0.2, 0.25) is 0 Å². The van der Waals surface area contributed by atoms with E-state index in [0.717, 1.165) is 17.8 Å². The molecule has 1 aliphatic heterocycles. The van der Waals surface area contributed by atoms with Gasteiger partial charge >= 0.3 is 0 Å². The summed E-state index contributed by atoms with van der Waals surface area (Å²) in [6.07, 6.45) is 0.362. The number of hydrogen-bond donors (Lipinski definition) is 4. The topological polar surface area (TPSA) is 81.6 Å². The van der Waals surface area contributed by atoms with Crippen LogP contribution in [-0.4, -0.2) is 41.9 Å². The maximum Gasteiger partial charge on any atom is 0.221 e. The van der Waals surface area contributed by atoms with Crippen LogP contribution >= 0.6 is 0 Å². The first-order valence-electron chi connectivity index (χ1n) is 6.08. The molecule has 1 aromatic rings. The Morgan fingerprint density at radius 3 is 2.83 bits per heavy atom. The van der Waals surface area contributed by atoms with Gasteiger partial charge in [-0.05, 0) is 11.6 Å². The number of para-hydroxylation sites is 1. The number of aliphatic hydroxyl groups is 2. The molecule has 0 fully saturated rings. The molecule has 2 rings (SSSR count). The zero-order valence-electron chi connectivity index (χ0n) is 10.1. The number of carbonyl (C=O) groups is 1. The van der Waals surface area contributed by atoms with Crippen LogP contribution in [0.25, 0.3) is 0 Å². The maximum absolute atomic E-state index is 11.8. The molecule has 1 unspecified atom stereocenters. The second kappa shape index (κ2) is 5.84. The fourth-order valence-corrected chi connectivity index (χ4v) is 2.20. The molecule has 0 aliphatic carbocycles. The lowest BCUT2D eigenvalue weighted by molar-refractivity contribution is -0.122. The molecule has 5 heteroatoms. The van der Waals surface area contributed by atoms with Crippen LogP contribution in [0.3, 0.4) is 0 Å². The minimum Gasteiger partial charge on any atom is -0.394 e. The highest BCUT2D eigenvalue weighted by Crippen LogP contribution is 2.32. The Morgan fingerprint density at radius 2 is 2.11 bits per heavy atom. The maximum atomic E-state index is 11.8. The third-order valence-corrected chi connectivity index (χ3v) is 3.18. The molecule has 5 nitrogen and oxygen atoms in total. The second-order valence-corrected chi connectivity index (χ2v) is 4.50. The predicted octanol–water partition coefficient (Wildman–Crippen LogP) is 0.0552. The highest BCUT2D eigenvalue weighted by atomic mass is 16.3. The fraction of sp³-hybridized carbons (Fsp3) is 0.462. The van der Waals surface area contributed by atoms with Crippen LogP contribution in [0.5, 0.6) is 0 Å². The van der Waals surface area contributed by atoms with E-state index in [2.05, 4.69) is 10.6 Å². The Hall–Kier alpha value is -1.59. The molecule has 0 bridgehead atoms. The first-order chi connectivity index (χ1) is 8.74. The molecule has 0 saturated carbocycles. The summed E-state index contributed by atoms with van der Waals surface area (Å²) < 4.78 is 0. The number of carbonyl (C=O) groups excluding carboxylic acids is 1. The third kappa shape index (κ3) is 2.80. The van der Waals surface area contributed by atoms with E-state index in [0.29, 0.717) is 6.42 Å². The number of aliphatic hydroxyl groups excluding tert-OH is 2. The van der Waals surface area contributed by atoms with Gasteiger partial charge in [-0.15, -0.1) is 0 Å². The minimum atomic E-state index is -0.567. The number of fused-ring (bicyclic) bond motifs is 1. The van der Waals surface area contributed by atoms with E-state index in [-0.39, 0.29) is 25.0 Å². The molecule has 0 aromatic heterocycles. The lowest BCUT2D eigenvalue weighted by Crippen LogP contribution is -2.40. The Balaban J connectivity index is 1.93. The van der Waals surface area contributed by atoms with Gasteiger partial charge in [-0.3, -0.25) is 4.79 Å². The monoisotopic (exact) mass is 250 g/mol. The van der Waals surface area contributed by atoms with E-state index >= 15 is 0 Å². The van der Waals surface area contributed by atoms with Crippen molar-refractivity contribution in [1.29, 1.82) is 0 Å². The number of rotatable bonds is 5. The molecule has 4 N–H and O–H groups in total. The average molecular weight is 250 g/mol. The van der Waals surface area contributed by atoms with Gasteiger partial charge in [0.2, 0.25) is 5.91 Å². The Morgan fingerprint density at radius 1 is 1.39 bits per heavy atom. The van der Waals surface area contributed by atoms with Gasteiger partial charge in [-0.1, -0.05) is 18.2 Å². The molecule has 1 aliphatic rings. The molecule has 0 radical (unpaired) electrons. The van der Waals surface area contributed by atoms with Gasteiger partial charge in [0.1, 0.15) is 0 Å². The van der Waals surface area contributed by atoms with Crippen LogP contribution in [0.4, 0.5) is 5.69 Å². The van der Waals surface area contributed by atoms with Gasteiger partial charge in [-0.25, -0.2) is 0 Å².